The number of nitrogens with zero attached hydrogens (tertiary/aromatic N) is 1. The fourth-order valence-corrected chi connectivity index (χ4v) is 3.45. The van der Waals surface area contributed by atoms with Crippen LogP contribution in [0.1, 0.15) is 29.9 Å². The van der Waals surface area contributed by atoms with Gasteiger partial charge in [0.15, 0.2) is 0 Å². The lowest BCUT2D eigenvalue weighted by Crippen LogP contribution is -2.44. The lowest BCUT2D eigenvalue weighted by Gasteiger charge is -2.34. The summed E-state index contributed by atoms with van der Waals surface area (Å²) < 4.78 is 4.70. The van der Waals surface area contributed by atoms with Gasteiger partial charge >= 0.3 is 12.0 Å². The molecule has 0 radical (unpaired) electrons. The summed E-state index contributed by atoms with van der Waals surface area (Å²) in [5, 5.41) is 4.58. The molecule has 1 aromatic rings. The smallest absolute Gasteiger partial charge is 0.350 e. The molecule has 0 aliphatic carbocycles. The monoisotopic (exact) mass is 296 g/mol. The molecule has 20 heavy (non-hydrogen) atoms. The van der Waals surface area contributed by atoms with Crippen molar-refractivity contribution in [2.24, 2.45) is 11.8 Å². The summed E-state index contributed by atoms with van der Waals surface area (Å²) in [5.74, 6) is 0.592. The standard InChI is InChI=1S/C14H20N2O3S/c1-9-6-10(2)8-16(7-9)14(18)15-11-4-5-20-12(11)13(17)19-3/h4-5,9-10H,6-8H2,1-3H3,(H,15,18)/t9-,10-/m1/s1. The largest absolute Gasteiger partial charge is 0.465 e. The number of likely N-dealkylation sites (tertiary alicyclic amines) is 1. The summed E-state index contributed by atoms with van der Waals surface area (Å²) in [4.78, 5) is 26.1. The minimum atomic E-state index is -0.421. The molecule has 2 rings (SSSR count). The minimum Gasteiger partial charge on any atom is -0.465 e. The van der Waals surface area contributed by atoms with Crippen molar-refractivity contribution in [2.75, 3.05) is 25.5 Å². The van der Waals surface area contributed by atoms with E-state index in [-0.39, 0.29) is 6.03 Å². The second kappa shape index (κ2) is 6.26. The van der Waals surface area contributed by atoms with Crippen LogP contribution < -0.4 is 5.32 Å². The summed E-state index contributed by atoms with van der Waals surface area (Å²) in [5.41, 5.74) is 0.526. The molecular formula is C14H20N2O3S. The van der Waals surface area contributed by atoms with Crippen molar-refractivity contribution in [3.8, 4) is 0 Å². The Kier molecular flexibility index (Phi) is 4.65. The van der Waals surface area contributed by atoms with Gasteiger partial charge in [0.25, 0.3) is 0 Å². The summed E-state index contributed by atoms with van der Waals surface area (Å²) in [6, 6.07) is 1.58. The van der Waals surface area contributed by atoms with Crippen LogP contribution in [0.2, 0.25) is 0 Å². The molecule has 1 saturated heterocycles. The molecule has 2 amide bonds. The lowest BCUT2D eigenvalue weighted by atomic mass is 9.92. The fourth-order valence-electron chi connectivity index (χ4n) is 2.68. The van der Waals surface area contributed by atoms with E-state index in [1.807, 2.05) is 4.90 Å². The Balaban J connectivity index is 2.04. The predicted molar refractivity (Wildman–Crippen MR) is 79.2 cm³/mol. The number of thiophene rings is 1. The van der Waals surface area contributed by atoms with Crippen LogP contribution in [0, 0.1) is 11.8 Å². The van der Waals surface area contributed by atoms with Crippen LogP contribution in [0.25, 0.3) is 0 Å². The third kappa shape index (κ3) is 3.30. The van der Waals surface area contributed by atoms with Crippen molar-refractivity contribution in [1.82, 2.24) is 4.90 Å². The van der Waals surface area contributed by atoms with E-state index >= 15 is 0 Å². The number of carbonyl (C=O) groups is 2. The Morgan fingerprint density at radius 3 is 2.60 bits per heavy atom. The molecule has 2 heterocycles. The van der Waals surface area contributed by atoms with Crippen LogP contribution in [0.4, 0.5) is 10.5 Å². The lowest BCUT2D eigenvalue weighted by molar-refractivity contribution is 0.0607. The first kappa shape index (κ1) is 14.8. The molecule has 0 bridgehead atoms. The predicted octanol–water partition coefficient (Wildman–Crippen LogP) is 3.04. The molecular weight excluding hydrogens is 276 g/mol. The highest BCUT2D eigenvalue weighted by Gasteiger charge is 2.26. The number of carbonyl (C=O) groups excluding carboxylic acids is 2. The van der Waals surface area contributed by atoms with E-state index in [0.717, 1.165) is 19.5 Å². The van der Waals surface area contributed by atoms with Crippen LogP contribution >= 0.6 is 11.3 Å². The van der Waals surface area contributed by atoms with Crippen molar-refractivity contribution < 1.29 is 14.3 Å². The number of piperidine rings is 1. The Morgan fingerprint density at radius 1 is 1.35 bits per heavy atom. The number of methoxy groups -OCH3 is 1. The zero-order valence-electron chi connectivity index (χ0n) is 12.0. The first-order chi connectivity index (χ1) is 9.51. The van der Waals surface area contributed by atoms with Crippen LogP contribution in [0.5, 0.6) is 0 Å². The van der Waals surface area contributed by atoms with E-state index in [4.69, 9.17) is 4.74 Å². The van der Waals surface area contributed by atoms with E-state index in [2.05, 4.69) is 19.2 Å². The molecule has 6 heteroatoms. The minimum absolute atomic E-state index is 0.146. The van der Waals surface area contributed by atoms with Gasteiger partial charge in [0.1, 0.15) is 4.88 Å². The van der Waals surface area contributed by atoms with E-state index in [9.17, 15) is 9.59 Å². The Bertz CT molecular complexity index is 490. The van der Waals surface area contributed by atoms with Gasteiger partial charge in [-0.15, -0.1) is 11.3 Å². The van der Waals surface area contributed by atoms with Gasteiger partial charge in [-0.05, 0) is 29.7 Å². The number of nitrogens with one attached hydrogen (secondary N) is 1. The van der Waals surface area contributed by atoms with Crippen molar-refractivity contribution >= 4 is 29.0 Å². The van der Waals surface area contributed by atoms with Crippen LogP contribution in [0.3, 0.4) is 0 Å². The van der Waals surface area contributed by atoms with Gasteiger partial charge in [-0.3, -0.25) is 0 Å². The van der Waals surface area contributed by atoms with Crippen LogP contribution in [0.15, 0.2) is 11.4 Å². The first-order valence-corrected chi connectivity index (χ1v) is 7.61. The quantitative estimate of drug-likeness (QED) is 0.853. The molecule has 0 unspecified atom stereocenters. The number of rotatable bonds is 2. The van der Waals surface area contributed by atoms with Crippen molar-refractivity contribution in [3.63, 3.8) is 0 Å². The SMILES string of the molecule is COC(=O)c1sccc1NC(=O)N1C[C@H](C)C[C@@H](C)C1. The van der Waals surface area contributed by atoms with Crippen LogP contribution in [-0.4, -0.2) is 37.1 Å². The average Bonchev–Trinajstić information content (AvgIpc) is 2.84. The highest BCUT2D eigenvalue weighted by atomic mass is 32.1. The number of hydrogen-bond acceptors (Lipinski definition) is 4. The van der Waals surface area contributed by atoms with Gasteiger partial charge in [0.2, 0.25) is 0 Å². The number of amides is 2. The van der Waals surface area contributed by atoms with E-state index in [1.54, 1.807) is 11.4 Å². The zero-order chi connectivity index (χ0) is 14.7. The topological polar surface area (TPSA) is 58.6 Å². The number of urea groups is 1. The molecule has 1 N–H and O–H groups in total. The second-order valence-corrected chi connectivity index (χ2v) is 6.35. The second-order valence-electron chi connectivity index (χ2n) is 5.44. The van der Waals surface area contributed by atoms with Crippen LogP contribution in [-0.2, 0) is 4.74 Å². The van der Waals surface area contributed by atoms with Gasteiger partial charge < -0.3 is 15.0 Å². The van der Waals surface area contributed by atoms with E-state index in [1.165, 1.54) is 18.4 Å². The third-order valence-corrected chi connectivity index (χ3v) is 4.33. The molecule has 110 valence electrons. The normalized spacial score (nSPS) is 22.4. The molecule has 0 saturated carbocycles. The Hall–Kier alpha value is -1.56. The van der Waals surface area contributed by atoms with Gasteiger partial charge in [-0.2, -0.15) is 0 Å². The van der Waals surface area contributed by atoms with Crippen molar-refractivity contribution in [2.45, 2.75) is 20.3 Å². The Labute approximate surface area is 122 Å². The maximum absolute atomic E-state index is 12.3. The highest BCUT2D eigenvalue weighted by Crippen LogP contribution is 2.25. The van der Waals surface area contributed by atoms with Gasteiger partial charge in [0.05, 0.1) is 12.8 Å². The summed E-state index contributed by atoms with van der Waals surface area (Å²) in [6.45, 7) is 5.82. The molecule has 1 aromatic heterocycles. The molecule has 0 spiro atoms. The van der Waals surface area contributed by atoms with E-state index in [0.29, 0.717) is 22.4 Å². The molecule has 0 aromatic carbocycles. The van der Waals surface area contributed by atoms with Gasteiger partial charge in [-0.25, -0.2) is 9.59 Å². The molecule has 2 atom stereocenters. The average molecular weight is 296 g/mol. The van der Waals surface area contributed by atoms with Crippen molar-refractivity contribution in [3.05, 3.63) is 16.3 Å². The molecule has 5 nitrogen and oxygen atoms in total. The van der Waals surface area contributed by atoms with E-state index < -0.39 is 5.97 Å². The molecule has 1 fully saturated rings. The molecule has 1 aliphatic heterocycles. The summed E-state index contributed by atoms with van der Waals surface area (Å²) in [6.07, 6.45) is 1.15. The van der Waals surface area contributed by atoms with Gasteiger partial charge in [-0.1, -0.05) is 13.8 Å². The maximum atomic E-state index is 12.3. The summed E-state index contributed by atoms with van der Waals surface area (Å²) >= 11 is 1.26. The van der Waals surface area contributed by atoms with Gasteiger partial charge in [0, 0.05) is 13.1 Å². The van der Waals surface area contributed by atoms with Crippen molar-refractivity contribution in [1.29, 1.82) is 0 Å². The zero-order valence-corrected chi connectivity index (χ0v) is 12.8. The number of hydrogen-bond donors (Lipinski definition) is 1. The first-order valence-electron chi connectivity index (χ1n) is 6.73. The third-order valence-electron chi connectivity index (χ3n) is 3.43. The number of ether oxygens (including phenoxy) is 1. The summed E-state index contributed by atoms with van der Waals surface area (Å²) in [7, 11) is 1.33. The Morgan fingerprint density at radius 2 is 2.00 bits per heavy atom. The maximum Gasteiger partial charge on any atom is 0.350 e. The molecule has 1 aliphatic rings. The fraction of sp³-hybridized carbons (Fsp3) is 0.571. The number of esters is 1. The number of anilines is 1. The highest BCUT2D eigenvalue weighted by molar-refractivity contribution is 7.12.